The topological polar surface area (TPSA) is 84.0 Å². The lowest BCUT2D eigenvalue weighted by Gasteiger charge is -2.33. The minimum absolute atomic E-state index is 0.0484. The first-order valence-corrected chi connectivity index (χ1v) is 11.1. The van der Waals surface area contributed by atoms with E-state index in [0.29, 0.717) is 0 Å². The lowest BCUT2D eigenvalue weighted by molar-refractivity contribution is -0.138. The number of ether oxygens (including phenoxy) is 1. The lowest BCUT2D eigenvalue weighted by Crippen LogP contribution is -2.51. The first-order chi connectivity index (χ1) is 15.0. The fourth-order valence-electron chi connectivity index (χ4n) is 3.24. The van der Waals surface area contributed by atoms with E-state index in [2.05, 4.69) is 0 Å². The lowest BCUT2D eigenvalue weighted by atomic mass is 10.1. The molecule has 1 aliphatic rings. The zero-order chi connectivity index (χ0) is 23.5. The van der Waals surface area contributed by atoms with E-state index in [1.807, 2.05) is 6.92 Å². The Balaban J connectivity index is 1.56. The molecule has 0 aliphatic carbocycles. The van der Waals surface area contributed by atoms with Crippen LogP contribution in [0.4, 0.5) is 13.2 Å². The van der Waals surface area contributed by atoms with Crippen LogP contribution in [0.1, 0.15) is 21.5 Å². The van der Waals surface area contributed by atoms with Crippen LogP contribution in [0.25, 0.3) is 0 Å². The standard InChI is InChI=1S/C21H21F3N2O5S/c1-15-6-8-16(9-7-15)32(29,30)26-12-10-25(11-13-26)19(27)14-31-20(28)17-4-2-3-5-18(17)21(22,23)24/h2-9H,10-14H2,1H3. The summed E-state index contributed by atoms with van der Waals surface area (Å²) < 4.78 is 70.6. The Hall–Kier alpha value is -2.92. The van der Waals surface area contributed by atoms with Gasteiger partial charge in [-0.1, -0.05) is 29.8 Å². The van der Waals surface area contributed by atoms with Crippen molar-refractivity contribution in [3.8, 4) is 0 Å². The molecule has 2 aromatic carbocycles. The zero-order valence-electron chi connectivity index (χ0n) is 17.1. The van der Waals surface area contributed by atoms with Gasteiger partial charge in [-0.2, -0.15) is 17.5 Å². The maximum absolute atomic E-state index is 13.0. The first kappa shape index (κ1) is 23.7. The van der Waals surface area contributed by atoms with Crippen molar-refractivity contribution in [2.24, 2.45) is 0 Å². The summed E-state index contributed by atoms with van der Waals surface area (Å²) in [5, 5.41) is 0. The van der Waals surface area contributed by atoms with Crippen molar-refractivity contribution in [1.82, 2.24) is 9.21 Å². The van der Waals surface area contributed by atoms with Crippen LogP contribution in [0, 0.1) is 6.92 Å². The molecule has 11 heteroatoms. The molecule has 32 heavy (non-hydrogen) atoms. The second kappa shape index (κ2) is 9.29. The predicted octanol–water partition coefficient (Wildman–Crippen LogP) is 2.70. The normalized spacial score (nSPS) is 15.4. The number of hydrogen-bond acceptors (Lipinski definition) is 5. The number of benzene rings is 2. The molecule has 1 heterocycles. The zero-order valence-corrected chi connectivity index (χ0v) is 17.9. The van der Waals surface area contributed by atoms with Crippen LogP contribution < -0.4 is 0 Å². The van der Waals surface area contributed by atoms with E-state index >= 15 is 0 Å². The monoisotopic (exact) mass is 470 g/mol. The molecule has 0 unspecified atom stereocenters. The summed E-state index contributed by atoms with van der Waals surface area (Å²) in [4.78, 5) is 25.9. The number of carbonyl (C=O) groups is 2. The summed E-state index contributed by atoms with van der Waals surface area (Å²) >= 11 is 0. The molecule has 0 radical (unpaired) electrons. The van der Waals surface area contributed by atoms with Crippen LogP contribution in [0.3, 0.4) is 0 Å². The van der Waals surface area contributed by atoms with Gasteiger partial charge in [0.15, 0.2) is 6.61 Å². The fraction of sp³-hybridized carbons (Fsp3) is 0.333. The molecular weight excluding hydrogens is 449 g/mol. The number of piperazine rings is 1. The van der Waals surface area contributed by atoms with E-state index in [9.17, 15) is 31.2 Å². The second-order valence-corrected chi connectivity index (χ2v) is 9.16. The summed E-state index contributed by atoms with van der Waals surface area (Å²) in [5.41, 5.74) is -0.902. The van der Waals surface area contributed by atoms with Gasteiger partial charge in [-0.05, 0) is 31.2 Å². The quantitative estimate of drug-likeness (QED) is 0.628. The maximum Gasteiger partial charge on any atom is 0.417 e. The van der Waals surface area contributed by atoms with Gasteiger partial charge >= 0.3 is 12.1 Å². The van der Waals surface area contributed by atoms with Crippen molar-refractivity contribution >= 4 is 21.9 Å². The number of halogens is 3. The van der Waals surface area contributed by atoms with E-state index in [-0.39, 0.29) is 31.1 Å². The van der Waals surface area contributed by atoms with Gasteiger partial charge in [0.1, 0.15) is 0 Å². The Kier molecular flexibility index (Phi) is 6.89. The Bertz CT molecular complexity index is 1090. The molecule has 0 saturated carbocycles. The van der Waals surface area contributed by atoms with Gasteiger partial charge < -0.3 is 9.64 Å². The molecule has 1 amide bonds. The Morgan fingerprint density at radius 1 is 0.969 bits per heavy atom. The van der Waals surface area contributed by atoms with Gasteiger partial charge in [0.2, 0.25) is 10.0 Å². The Morgan fingerprint density at radius 2 is 1.56 bits per heavy atom. The molecule has 3 rings (SSSR count). The summed E-state index contributed by atoms with van der Waals surface area (Å²) in [6.45, 7) is 1.34. The molecule has 1 saturated heterocycles. The SMILES string of the molecule is Cc1ccc(S(=O)(=O)N2CCN(C(=O)COC(=O)c3ccccc3C(F)(F)F)CC2)cc1. The van der Waals surface area contributed by atoms with Crippen LogP contribution in [0.2, 0.25) is 0 Å². The maximum atomic E-state index is 13.0. The third kappa shape index (κ3) is 5.28. The molecule has 1 fully saturated rings. The average molecular weight is 470 g/mol. The summed E-state index contributed by atoms with van der Waals surface area (Å²) in [7, 11) is -3.70. The molecule has 7 nitrogen and oxygen atoms in total. The summed E-state index contributed by atoms with van der Waals surface area (Å²) in [5.74, 6) is -1.87. The Labute approximate surface area is 183 Å². The minimum Gasteiger partial charge on any atom is -0.452 e. The van der Waals surface area contributed by atoms with E-state index in [0.717, 1.165) is 23.8 Å². The number of nitrogens with zero attached hydrogens (tertiary/aromatic N) is 2. The largest absolute Gasteiger partial charge is 0.452 e. The number of alkyl halides is 3. The molecule has 0 N–H and O–H groups in total. The molecular formula is C21H21F3N2O5S. The highest BCUT2D eigenvalue weighted by Crippen LogP contribution is 2.32. The van der Waals surface area contributed by atoms with Gasteiger partial charge in [0, 0.05) is 26.2 Å². The highest BCUT2D eigenvalue weighted by Gasteiger charge is 2.36. The molecule has 0 aromatic heterocycles. The second-order valence-electron chi connectivity index (χ2n) is 7.22. The van der Waals surface area contributed by atoms with Gasteiger partial charge in [-0.15, -0.1) is 0 Å². The van der Waals surface area contributed by atoms with Crippen LogP contribution in [0.15, 0.2) is 53.4 Å². The number of esters is 1. The third-order valence-electron chi connectivity index (χ3n) is 5.03. The van der Waals surface area contributed by atoms with Crippen LogP contribution in [0.5, 0.6) is 0 Å². The number of rotatable bonds is 5. The van der Waals surface area contributed by atoms with Crippen molar-refractivity contribution in [3.63, 3.8) is 0 Å². The number of hydrogen-bond donors (Lipinski definition) is 0. The summed E-state index contributed by atoms with van der Waals surface area (Å²) in [6.07, 6.45) is -4.74. The van der Waals surface area contributed by atoms with E-state index < -0.39 is 45.8 Å². The van der Waals surface area contributed by atoms with Gasteiger partial charge in [-0.3, -0.25) is 4.79 Å². The smallest absolute Gasteiger partial charge is 0.417 e. The van der Waals surface area contributed by atoms with Crippen LogP contribution in [-0.2, 0) is 25.7 Å². The van der Waals surface area contributed by atoms with Crippen molar-refractivity contribution in [2.75, 3.05) is 32.8 Å². The highest BCUT2D eigenvalue weighted by atomic mass is 32.2. The third-order valence-corrected chi connectivity index (χ3v) is 6.94. The first-order valence-electron chi connectivity index (χ1n) is 9.68. The number of sulfonamides is 1. The molecule has 2 aromatic rings. The highest BCUT2D eigenvalue weighted by molar-refractivity contribution is 7.89. The average Bonchev–Trinajstić information content (AvgIpc) is 2.77. The number of carbonyl (C=O) groups excluding carboxylic acids is 2. The predicted molar refractivity (Wildman–Crippen MR) is 108 cm³/mol. The minimum atomic E-state index is -4.74. The van der Waals surface area contributed by atoms with Crippen LogP contribution >= 0.6 is 0 Å². The Morgan fingerprint density at radius 3 is 2.16 bits per heavy atom. The molecule has 0 spiro atoms. The van der Waals surface area contributed by atoms with Crippen molar-refractivity contribution in [3.05, 3.63) is 65.2 Å². The van der Waals surface area contributed by atoms with Gasteiger partial charge in [0.25, 0.3) is 5.91 Å². The molecule has 0 atom stereocenters. The van der Waals surface area contributed by atoms with E-state index in [1.165, 1.54) is 27.4 Å². The molecule has 1 aliphatic heterocycles. The summed E-state index contributed by atoms with van der Waals surface area (Å²) in [6, 6.07) is 10.6. The van der Waals surface area contributed by atoms with Gasteiger partial charge in [-0.25, -0.2) is 13.2 Å². The van der Waals surface area contributed by atoms with Crippen molar-refractivity contribution in [1.29, 1.82) is 0 Å². The van der Waals surface area contributed by atoms with E-state index in [1.54, 1.807) is 12.1 Å². The molecule has 172 valence electrons. The number of aryl methyl sites for hydroxylation is 1. The number of amides is 1. The van der Waals surface area contributed by atoms with Crippen molar-refractivity contribution < 1.29 is 35.9 Å². The van der Waals surface area contributed by atoms with Crippen LogP contribution in [-0.4, -0.2) is 62.3 Å². The van der Waals surface area contributed by atoms with Crippen molar-refractivity contribution in [2.45, 2.75) is 18.0 Å². The van der Waals surface area contributed by atoms with E-state index in [4.69, 9.17) is 4.74 Å². The van der Waals surface area contributed by atoms with Gasteiger partial charge in [0.05, 0.1) is 16.0 Å². The fourth-order valence-corrected chi connectivity index (χ4v) is 4.66. The molecule has 0 bridgehead atoms.